The highest BCUT2D eigenvalue weighted by atomic mass is 35.5. The first kappa shape index (κ1) is 26.2. The highest BCUT2D eigenvalue weighted by Gasteiger charge is 2.33. The number of carbonyl (C=O) groups excluding carboxylic acids is 2. The number of piperidine rings is 2. The number of nitrogens with one attached hydrogen (secondary N) is 2. The molecule has 0 saturated carbocycles. The van der Waals surface area contributed by atoms with Crippen molar-refractivity contribution in [2.75, 3.05) is 33.2 Å². The van der Waals surface area contributed by atoms with Crippen LogP contribution in [0.4, 0.5) is 0 Å². The van der Waals surface area contributed by atoms with Gasteiger partial charge in [-0.2, -0.15) is 0 Å². The second-order valence-corrected chi connectivity index (χ2v) is 10.2. The lowest BCUT2D eigenvalue weighted by atomic mass is 9.79. The van der Waals surface area contributed by atoms with E-state index >= 15 is 0 Å². The molecule has 0 unspecified atom stereocenters. The fourth-order valence-electron chi connectivity index (χ4n) is 5.70. The molecule has 2 fully saturated rings. The lowest BCUT2D eigenvalue weighted by Crippen LogP contribution is -2.52. The Bertz CT molecular complexity index is 1150. The van der Waals surface area contributed by atoms with Crippen LogP contribution in [0.15, 0.2) is 55.0 Å². The predicted molar refractivity (Wildman–Crippen MR) is 144 cm³/mol. The minimum atomic E-state index is -0.607. The fraction of sp³-hybridized carbons (Fsp3) is 0.464. The molecule has 0 bridgehead atoms. The Hall–Kier alpha value is -2.90. The van der Waals surface area contributed by atoms with Gasteiger partial charge in [-0.05, 0) is 98.9 Å². The van der Waals surface area contributed by atoms with E-state index < -0.39 is 6.04 Å². The number of aromatic amines is 1. The molecule has 2 aromatic heterocycles. The molecule has 1 atom stereocenters. The third-order valence-electron chi connectivity index (χ3n) is 7.89. The topological polar surface area (TPSA) is 81.3 Å². The largest absolute Gasteiger partial charge is 0.361 e. The second-order valence-electron chi connectivity index (χ2n) is 10.2. The van der Waals surface area contributed by atoms with Gasteiger partial charge >= 0.3 is 0 Å². The minimum absolute atomic E-state index is 0. The zero-order valence-corrected chi connectivity index (χ0v) is 21.7. The summed E-state index contributed by atoms with van der Waals surface area (Å²) in [6, 6.07) is 10.8. The molecular weight excluding hydrogens is 474 g/mol. The number of nitrogens with zero attached hydrogens (tertiary/aromatic N) is 3. The summed E-state index contributed by atoms with van der Waals surface area (Å²) in [5.41, 5.74) is 2.44. The van der Waals surface area contributed by atoms with Gasteiger partial charge in [-0.25, -0.2) is 0 Å². The molecule has 2 aliphatic rings. The average molecular weight is 510 g/mol. The van der Waals surface area contributed by atoms with E-state index in [4.69, 9.17) is 0 Å². The number of carbonyl (C=O) groups is 2. The first-order chi connectivity index (χ1) is 17.1. The van der Waals surface area contributed by atoms with Crippen LogP contribution in [0.25, 0.3) is 10.9 Å². The number of aromatic nitrogens is 2. The molecule has 5 rings (SSSR count). The summed E-state index contributed by atoms with van der Waals surface area (Å²) >= 11 is 0. The van der Waals surface area contributed by atoms with Crippen molar-refractivity contribution in [3.05, 3.63) is 66.1 Å². The first-order valence-corrected chi connectivity index (χ1v) is 12.8. The molecule has 36 heavy (non-hydrogen) atoms. The van der Waals surface area contributed by atoms with Gasteiger partial charge in [0, 0.05) is 49.2 Å². The van der Waals surface area contributed by atoms with E-state index in [1.54, 1.807) is 12.4 Å². The van der Waals surface area contributed by atoms with Crippen molar-refractivity contribution in [3.8, 4) is 0 Å². The van der Waals surface area contributed by atoms with Crippen LogP contribution >= 0.6 is 12.4 Å². The van der Waals surface area contributed by atoms with Crippen molar-refractivity contribution >= 4 is 35.1 Å². The molecule has 2 amide bonds. The molecule has 4 heterocycles. The zero-order chi connectivity index (χ0) is 24.2. The molecule has 2 saturated heterocycles. The number of rotatable bonds is 6. The maximum Gasteiger partial charge on any atom is 0.252 e. The van der Waals surface area contributed by atoms with Gasteiger partial charge in [0.05, 0.1) is 0 Å². The second kappa shape index (κ2) is 11.9. The number of H-pyrrole nitrogens is 1. The van der Waals surface area contributed by atoms with Crippen LogP contribution in [0.3, 0.4) is 0 Å². The van der Waals surface area contributed by atoms with Crippen LogP contribution in [0.5, 0.6) is 0 Å². The number of fused-ring (bicyclic) bond motifs is 1. The molecule has 2 aliphatic heterocycles. The summed E-state index contributed by atoms with van der Waals surface area (Å²) in [5.74, 6) is 1.26. The number of pyridine rings is 1. The lowest BCUT2D eigenvalue weighted by Gasteiger charge is -2.40. The molecule has 8 heteroatoms. The maximum absolute atomic E-state index is 13.6. The fourth-order valence-corrected chi connectivity index (χ4v) is 5.70. The molecule has 192 valence electrons. The summed E-state index contributed by atoms with van der Waals surface area (Å²) in [5, 5.41) is 4.10. The van der Waals surface area contributed by atoms with E-state index in [9.17, 15) is 9.59 Å². The maximum atomic E-state index is 13.6. The van der Waals surface area contributed by atoms with Crippen molar-refractivity contribution in [1.82, 2.24) is 25.1 Å². The van der Waals surface area contributed by atoms with Crippen LogP contribution in [0.1, 0.15) is 41.6 Å². The van der Waals surface area contributed by atoms with E-state index in [2.05, 4.69) is 27.2 Å². The van der Waals surface area contributed by atoms with Crippen LogP contribution < -0.4 is 5.32 Å². The Kier molecular flexibility index (Phi) is 8.64. The highest BCUT2D eigenvalue weighted by molar-refractivity contribution is 6.00. The number of likely N-dealkylation sites (tertiary alicyclic amines) is 2. The van der Waals surface area contributed by atoms with Crippen LogP contribution in [-0.4, -0.2) is 70.9 Å². The summed E-state index contributed by atoms with van der Waals surface area (Å²) in [4.78, 5) is 38.4. The van der Waals surface area contributed by atoms with Crippen molar-refractivity contribution in [2.45, 2.75) is 38.1 Å². The van der Waals surface area contributed by atoms with Gasteiger partial charge < -0.3 is 20.1 Å². The molecular formula is C28H36ClN5O2. The number of halogens is 1. The standard InChI is InChI=1S/C28H35N5O2.ClH/c1-32-14-7-21(8-15-32)22-9-16-33(17-10-22)28(35)26(18-20-4-11-29-12-5-20)31-27(34)24-3-2-23-6-13-30-25(23)19-24;/h2-6,11-13,19,21-22,26,30H,7-10,14-18H2,1H3,(H,31,34);1H/t26-;/m1./s1. The van der Waals surface area contributed by atoms with Crippen molar-refractivity contribution < 1.29 is 9.59 Å². The third kappa shape index (κ3) is 6.08. The molecule has 3 aromatic rings. The van der Waals surface area contributed by atoms with Gasteiger partial charge in [0.15, 0.2) is 0 Å². The number of hydrogen-bond donors (Lipinski definition) is 2. The molecule has 0 spiro atoms. The van der Waals surface area contributed by atoms with Gasteiger partial charge in [-0.3, -0.25) is 14.6 Å². The summed E-state index contributed by atoms with van der Waals surface area (Å²) in [7, 11) is 2.20. The summed E-state index contributed by atoms with van der Waals surface area (Å²) < 4.78 is 0. The molecule has 1 aromatic carbocycles. The molecule has 0 aliphatic carbocycles. The predicted octanol–water partition coefficient (Wildman–Crippen LogP) is 3.91. The van der Waals surface area contributed by atoms with E-state index in [-0.39, 0.29) is 24.2 Å². The van der Waals surface area contributed by atoms with Crippen LogP contribution in [-0.2, 0) is 11.2 Å². The van der Waals surface area contributed by atoms with Crippen molar-refractivity contribution in [2.24, 2.45) is 11.8 Å². The van der Waals surface area contributed by atoms with E-state index in [1.807, 2.05) is 47.5 Å². The normalized spacial score (nSPS) is 18.5. The SMILES string of the molecule is CN1CCC(C2CCN(C(=O)[C@@H](Cc3ccncc3)NC(=O)c3ccc4cc[nH]c4c3)CC2)CC1.Cl. The van der Waals surface area contributed by atoms with Crippen molar-refractivity contribution in [3.63, 3.8) is 0 Å². The zero-order valence-electron chi connectivity index (χ0n) is 20.9. The number of amides is 2. The van der Waals surface area contributed by atoms with E-state index in [1.165, 1.54) is 25.9 Å². The molecule has 7 nitrogen and oxygen atoms in total. The molecule has 0 radical (unpaired) electrons. The Morgan fingerprint density at radius 3 is 2.36 bits per heavy atom. The van der Waals surface area contributed by atoms with Gasteiger partial charge in [0.2, 0.25) is 5.91 Å². The van der Waals surface area contributed by atoms with Crippen LogP contribution in [0, 0.1) is 11.8 Å². The third-order valence-corrected chi connectivity index (χ3v) is 7.89. The van der Waals surface area contributed by atoms with E-state index in [0.29, 0.717) is 17.9 Å². The smallest absolute Gasteiger partial charge is 0.252 e. The van der Waals surface area contributed by atoms with Gasteiger partial charge in [0.1, 0.15) is 6.04 Å². The van der Waals surface area contributed by atoms with Crippen LogP contribution in [0.2, 0.25) is 0 Å². The number of benzene rings is 1. The Labute approximate surface area is 219 Å². The Morgan fingerprint density at radius 1 is 1.00 bits per heavy atom. The number of hydrogen-bond acceptors (Lipinski definition) is 4. The summed E-state index contributed by atoms with van der Waals surface area (Å²) in [6.07, 6.45) is 10.4. The lowest BCUT2D eigenvalue weighted by molar-refractivity contribution is -0.135. The summed E-state index contributed by atoms with van der Waals surface area (Å²) in [6.45, 7) is 3.90. The average Bonchev–Trinajstić information content (AvgIpc) is 3.37. The monoisotopic (exact) mass is 509 g/mol. The minimum Gasteiger partial charge on any atom is -0.361 e. The quantitative estimate of drug-likeness (QED) is 0.528. The van der Waals surface area contributed by atoms with Gasteiger partial charge in [0.25, 0.3) is 5.91 Å². The van der Waals surface area contributed by atoms with Gasteiger partial charge in [-0.15, -0.1) is 12.4 Å². The van der Waals surface area contributed by atoms with Crippen molar-refractivity contribution in [1.29, 1.82) is 0 Å². The Balaban J connectivity index is 0.00000304. The first-order valence-electron chi connectivity index (χ1n) is 12.8. The van der Waals surface area contributed by atoms with Gasteiger partial charge in [-0.1, -0.05) is 6.07 Å². The molecule has 2 N–H and O–H groups in total. The highest BCUT2D eigenvalue weighted by Crippen LogP contribution is 2.32. The van der Waals surface area contributed by atoms with E-state index in [0.717, 1.165) is 48.3 Å². The Morgan fingerprint density at radius 2 is 1.67 bits per heavy atom.